The van der Waals surface area contributed by atoms with Crippen molar-refractivity contribution in [2.75, 3.05) is 44.3 Å². The van der Waals surface area contributed by atoms with E-state index in [1.165, 1.54) is 18.0 Å². The third-order valence-electron chi connectivity index (χ3n) is 9.37. The molecule has 0 amide bonds. The van der Waals surface area contributed by atoms with Gasteiger partial charge in [0.25, 0.3) is 0 Å². The summed E-state index contributed by atoms with van der Waals surface area (Å²) in [6.07, 6.45) is 5.82. The highest BCUT2D eigenvalue weighted by Gasteiger charge is 2.30. The SMILES string of the molecule is CN1CCN(C2CCC(n3nc(-c4ccc(NCc5ccc(-c6ccccc6)cc5)c(F)c4)c4c(N)ncnc43)CC2)CC1. The van der Waals surface area contributed by atoms with Crippen LogP contribution < -0.4 is 11.1 Å². The van der Waals surface area contributed by atoms with Crippen LogP contribution in [0.15, 0.2) is 79.1 Å². The Hall–Kier alpha value is -4.34. The molecule has 3 heterocycles. The number of likely N-dealkylation sites (N-methyl/N-ethyl adjacent to an activating group) is 1. The molecule has 0 atom stereocenters. The molecule has 0 spiro atoms. The van der Waals surface area contributed by atoms with E-state index in [1.54, 1.807) is 6.07 Å². The molecule has 2 fully saturated rings. The summed E-state index contributed by atoms with van der Waals surface area (Å²) in [6, 6.07) is 24.6. The lowest BCUT2D eigenvalue weighted by Gasteiger charge is -2.41. The third kappa shape index (κ3) is 5.77. The Bertz CT molecular complexity index is 1720. The Morgan fingerprint density at radius 2 is 1.50 bits per heavy atom. The van der Waals surface area contributed by atoms with E-state index < -0.39 is 0 Å². The van der Waals surface area contributed by atoms with Crippen molar-refractivity contribution in [2.45, 2.75) is 44.3 Å². The molecule has 9 heteroatoms. The standard InChI is InChI=1S/C35H39FN8/c1-42-17-19-43(20-18-42)28-12-14-29(15-13-28)44-35-32(34(37)39-23-40-35)33(41-44)27-11-16-31(30(36)21-27)38-22-24-7-9-26(10-8-24)25-5-3-2-4-6-25/h2-11,16,21,23,28-29,38H,12-15,17-20,22H2,1H3,(H2,37,39,40). The highest BCUT2D eigenvalue weighted by Crippen LogP contribution is 2.37. The predicted octanol–water partition coefficient (Wildman–Crippen LogP) is 6.22. The number of halogens is 1. The molecule has 0 bridgehead atoms. The summed E-state index contributed by atoms with van der Waals surface area (Å²) < 4.78 is 17.5. The molecule has 1 aliphatic heterocycles. The normalized spacial score (nSPS) is 19.8. The summed E-state index contributed by atoms with van der Waals surface area (Å²) >= 11 is 0. The molecule has 3 aromatic carbocycles. The van der Waals surface area contributed by atoms with Crippen molar-refractivity contribution in [2.24, 2.45) is 0 Å². The number of piperazine rings is 1. The van der Waals surface area contributed by atoms with Crippen LogP contribution in [0.1, 0.15) is 37.3 Å². The number of nitrogen functional groups attached to an aromatic ring is 1. The van der Waals surface area contributed by atoms with Crippen molar-refractivity contribution in [3.05, 3.63) is 90.5 Å². The maximum atomic E-state index is 15.5. The van der Waals surface area contributed by atoms with Crippen LogP contribution in [-0.4, -0.2) is 68.8 Å². The zero-order valence-electron chi connectivity index (χ0n) is 25.2. The summed E-state index contributed by atoms with van der Waals surface area (Å²) in [5, 5.41) is 8.95. The molecule has 0 unspecified atom stereocenters. The first-order chi connectivity index (χ1) is 21.5. The van der Waals surface area contributed by atoms with Gasteiger partial charge < -0.3 is 16.0 Å². The summed E-state index contributed by atoms with van der Waals surface area (Å²) in [7, 11) is 2.20. The molecule has 0 radical (unpaired) electrons. The van der Waals surface area contributed by atoms with Gasteiger partial charge >= 0.3 is 0 Å². The van der Waals surface area contributed by atoms with Crippen molar-refractivity contribution in [1.82, 2.24) is 29.5 Å². The number of hydrogen-bond donors (Lipinski definition) is 2. The van der Waals surface area contributed by atoms with E-state index in [1.807, 2.05) is 28.9 Å². The van der Waals surface area contributed by atoms with Gasteiger partial charge in [-0.25, -0.2) is 19.0 Å². The van der Waals surface area contributed by atoms with Gasteiger partial charge in [0.2, 0.25) is 0 Å². The molecule has 8 nitrogen and oxygen atoms in total. The maximum Gasteiger partial charge on any atom is 0.164 e. The summed E-state index contributed by atoms with van der Waals surface area (Å²) in [5.74, 6) is 0.0261. The first-order valence-corrected chi connectivity index (χ1v) is 15.6. The van der Waals surface area contributed by atoms with Crippen molar-refractivity contribution in [1.29, 1.82) is 0 Å². The molecule has 5 aromatic rings. The van der Waals surface area contributed by atoms with Crippen molar-refractivity contribution in [3.63, 3.8) is 0 Å². The monoisotopic (exact) mass is 590 g/mol. The van der Waals surface area contributed by atoms with Crippen LogP contribution in [0.2, 0.25) is 0 Å². The lowest BCUT2D eigenvalue weighted by molar-refractivity contribution is 0.0815. The van der Waals surface area contributed by atoms with Gasteiger partial charge in [-0.3, -0.25) is 4.90 Å². The van der Waals surface area contributed by atoms with Crippen molar-refractivity contribution < 1.29 is 4.39 Å². The lowest BCUT2D eigenvalue weighted by Crippen LogP contribution is -2.49. The van der Waals surface area contributed by atoms with Crippen LogP contribution in [0.3, 0.4) is 0 Å². The van der Waals surface area contributed by atoms with Crippen LogP contribution >= 0.6 is 0 Å². The quantitative estimate of drug-likeness (QED) is 0.233. The Morgan fingerprint density at radius 3 is 2.23 bits per heavy atom. The topological polar surface area (TPSA) is 88.1 Å². The minimum atomic E-state index is -0.339. The first-order valence-electron chi connectivity index (χ1n) is 15.6. The third-order valence-corrected chi connectivity index (χ3v) is 9.37. The molecule has 226 valence electrons. The second kappa shape index (κ2) is 12.3. The summed E-state index contributed by atoms with van der Waals surface area (Å²) in [4.78, 5) is 13.9. The van der Waals surface area contributed by atoms with Crippen LogP contribution in [0.5, 0.6) is 0 Å². The average Bonchev–Trinajstić information content (AvgIpc) is 3.46. The minimum Gasteiger partial charge on any atom is -0.383 e. The van der Waals surface area contributed by atoms with Gasteiger partial charge in [-0.15, -0.1) is 0 Å². The second-order valence-electron chi connectivity index (χ2n) is 12.2. The lowest BCUT2D eigenvalue weighted by atomic mass is 9.90. The highest BCUT2D eigenvalue weighted by atomic mass is 19.1. The van der Waals surface area contributed by atoms with Gasteiger partial charge in [-0.2, -0.15) is 5.10 Å². The number of aromatic nitrogens is 4. The molecule has 3 N–H and O–H groups in total. The molecule has 7 rings (SSSR count). The Balaban J connectivity index is 1.07. The number of anilines is 2. The fourth-order valence-electron chi connectivity index (χ4n) is 6.76. The zero-order valence-corrected chi connectivity index (χ0v) is 25.2. The van der Waals surface area contributed by atoms with Gasteiger partial charge in [-0.05, 0) is 61.6 Å². The largest absolute Gasteiger partial charge is 0.383 e. The Labute approximate surface area is 257 Å². The second-order valence-corrected chi connectivity index (χ2v) is 12.2. The molecule has 44 heavy (non-hydrogen) atoms. The van der Waals surface area contributed by atoms with Gasteiger partial charge in [0.15, 0.2) is 5.65 Å². The van der Waals surface area contributed by atoms with E-state index in [0.717, 1.165) is 68.6 Å². The minimum absolute atomic E-state index is 0.225. The number of hydrogen-bond acceptors (Lipinski definition) is 7. The van der Waals surface area contributed by atoms with E-state index in [-0.39, 0.29) is 11.9 Å². The van der Waals surface area contributed by atoms with E-state index in [4.69, 9.17) is 10.8 Å². The van der Waals surface area contributed by atoms with E-state index >= 15 is 4.39 Å². The maximum absolute atomic E-state index is 15.5. The fraction of sp³-hybridized carbons (Fsp3) is 0.343. The Kier molecular flexibility index (Phi) is 7.97. The van der Waals surface area contributed by atoms with Crippen LogP contribution in [0, 0.1) is 5.82 Å². The molecular weight excluding hydrogens is 551 g/mol. The van der Waals surface area contributed by atoms with Crippen LogP contribution in [-0.2, 0) is 6.54 Å². The number of nitrogens with zero attached hydrogens (tertiary/aromatic N) is 6. The highest BCUT2D eigenvalue weighted by molar-refractivity contribution is 5.98. The number of benzene rings is 3. The van der Waals surface area contributed by atoms with Gasteiger partial charge in [-0.1, -0.05) is 60.7 Å². The van der Waals surface area contributed by atoms with Crippen molar-refractivity contribution >= 4 is 22.5 Å². The first kappa shape index (κ1) is 28.4. The van der Waals surface area contributed by atoms with Crippen molar-refractivity contribution in [3.8, 4) is 22.4 Å². The number of nitrogens with one attached hydrogen (secondary N) is 1. The molecule has 2 aliphatic rings. The van der Waals surface area contributed by atoms with Crippen LogP contribution in [0.4, 0.5) is 15.9 Å². The number of fused-ring (bicyclic) bond motifs is 1. The zero-order chi connectivity index (χ0) is 30.0. The summed E-state index contributed by atoms with van der Waals surface area (Å²) in [6.45, 7) is 5.06. The molecule has 1 saturated heterocycles. The predicted molar refractivity (Wildman–Crippen MR) is 175 cm³/mol. The Morgan fingerprint density at radius 1 is 0.818 bits per heavy atom. The molecular formula is C35H39FN8. The van der Waals surface area contributed by atoms with Gasteiger partial charge in [0, 0.05) is 44.3 Å². The average molecular weight is 591 g/mol. The van der Waals surface area contributed by atoms with Crippen LogP contribution in [0.25, 0.3) is 33.4 Å². The smallest absolute Gasteiger partial charge is 0.164 e. The van der Waals surface area contributed by atoms with E-state index in [0.29, 0.717) is 40.7 Å². The number of rotatable bonds is 7. The van der Waals surface area contributed by atoms with Gasteiger partial charge in [0.05, 0.1) is 17.1 Å². The molecule has 1 saturated carbocycles. The van der Waals surface area contributed by atoms with E-state index in [9.17, 15) is 0 Å². The molecule has 2 aromatic heterocycles. The molecule has 1 aliphatic carbocycles. The van der Waals surface area contributed by atoms with Gasteiger partial charge in [0.1, 0.15) is 23.7 Å². The number of nitrogens with two attached hydrogens (primary N) is 1. The summed E-state index contributed by atoms with van der Waals surface area (Å²) in [5.41, 5.74) is 12.2. The fourth-order valence-corrected chi connectivity index (χ4v) is 6.76. The van der Waals surface area contributed by atoms with E-state index in [2.05, 4.69) is 68.5 Å².